The van der Waals surface area contributed by atoms with Crippen LogP contribution in [0.25, 0.3) is 0 Å². The molecule has 0 aliphatic rings. The average Bonchev–Trinajstić information content (AvgIpc) is 2.75. The van der Waals surface area contributed by atoms with Crippen LogP contribution in [0.15, 0.2) is 39.5 Å². The number of carbonyl (C=O) groups is 1. The zero-order chi connectivity index (χ0) is 14.0. The lowest BCUT2D eigenvalue weighted by Gasteiger charge is -2.07. The number of hydrogen-bond donors (Lipinski definition) is 0. The number of rotatable bonds is 3. The van der Waals surface area contributed by atoms with Gasteiger partial charge in [0.25, 0.3) is 0 Å². The second kappa shape index (κ2) is 5.46. The predicted molar refractivity (Wildman–Crippen MR) is 71.5 cm³/mol. The van der Waals surface area contributed by atoms with E-state index in [-0.39, 0.29) is 12.2 Å². The highest BCUT2D eigenvalue weighted by Gasteiger charge is 2.30. The van der Waals surface area contributed by atoms with Crippen molar-refractivity contribution in [3.63, 3.8) is 0 Å². The zero-order valence-corrected chi connectivity index (χ0v) is 11.9. The van der Waals surface area contributed by atoms with Gasteiger partial charge in [-0.05, 0) is 33.6 Å². The summed E-state index contributed by atoms with van der Waals surface area (Å²) in [6.45, 7) is 0. The summed E-state index contributed by atoms with van der Waals surface area (Å²) in [5.41, 5.74) is 0.418. The lowest BCUT2D eigenvalue weighted by atomic mass is 10.0. The molecule has 0 aliphatic carbocycles. The molecule has 0 amide bonds. The van der Waals surface area contributed by atoms with E-state index in [1.165, 1.54) is 23.5 Å². The van der Waals surface area contributed by atoms with E-state index in [2.05, 4.69) is 15.9 Å². The van der Waals surface area contributed by atoms with Crippen molar-refractivity contribution >= 4 is 33.0 Å². The van der Waals surface area contributed by atoms with E-state index in [0.29, 0.717) is 11.1 Å². The molecule has 6 heteroatoms. The van der Waals surface area contributed by atoms with E-state index in [1.54, 1.807) is 10.8 Å². The normalized spacial score (nSPS) is 11.6. The van der Waals surface area contributed by atoms with Crippen molar-refractivity contribution in [2.45, 2.75) is 12.6 Å². The first-order chi connectivity index (χ1) is 8.88. The van der Waals surface area contributed by atoms with Gasteiger partial charge in [0.05, 0.1) is 5.56 Å². The van der Waals surface area contributed by atoms with Crippen molar-refractivity contribution in [1.82, 2.24) is 0 Å². The van der Waals surface area contributed by atoms with Crippen molar-refractivity contribution in [2.75, 3.05) is 0 Å². The molecule has 0 saturated heterocycles. The van der Waals surface area contributed by atoms with Gasteiger partial charge in [-0.1, -0.05) is 12.1 Å². The smallest absolute Gasteiger partial charge is 0.294 e. The lowest BCUT2D eigenvalue weighted by molar-refractivity contribution is -0.137. The van der Waals surface area contributed by atoms with Crippen LogP contribution in [0.2, 0.25) is 0 Å². The summed E-state index contributed by atoms with van der Waals surface area (Å²) in [6.07, 6.45) is -4.26. The number of hydrogen-bond acceptors (Lipinski definition) is 2. The van der Waals surface area contributed by atoms with Gasteiger partial charge in [0.15, 0.2) is 5.78 Å². The van der Waals surface area contributed by atoms with E-state index in [0.717, 1.165) is 16.6 Å². The van der Waals surface area contributed by atoms with Crippen LogP contribution in [0.3, 0.4) is 0 Å². The van der Waals surface area contributed by atoms with E-state index in [1.807, 2.05) is 0 Å². The molecule has 0 fully saturated rings. The molecule has 1 aromatic carbocycles. The van der Waals surface area contributed by atoms with Gasteiger partial charge < -0.3 is 0 Å². The Bertz CT molecular complexity index is 587. The Morgan fingerprint density at radius 3 is 2.26 bits per heavy atom. The highest BCUT2D eigenvalue weighted by molar-refractivity contribution is 9.10. The van der Waals surface area contributed by atoms with Gasteiger partial charge in [-0.2, -0.15) is 24.5 Å². The molecule has 0 atom stereocenters. The van der Waals surface area contributed by atoms with Crippen LogP contribution < -0.4 is 0 Å². The third-order valence-corrected chi connectivity index (χ3v) is 4.26. The average molecular weight is 349 g/mol. The molecule has 1 nitrogen and oxygen atoms in total. The van der Waals surface area contributed by atoms with Crippen LogP contribution in [-0.2, 0) is 12.6 Å². The van der Waals surface area contributed by atoms with Crippen molar-refractivity contribution < 1.29 is 18.0 Å². The minimum Gasteiger partial charge on any atom is -0.294 e. The number of benzene rings is 1. The summed E-state index contributed by atoms with van der Waals surface area (Å²) >= 11 is 4.65. The Kier molecular flexibility index (Phi) is 4.10. The summed E-state index contributed by atoms with van der Waals surface area (Å²) in [7, 11) is 0. The molecule has 0 saturated carbocycles. The Balaban J connectivity index is 2.12. The van der Waals surface area contributed by atoms with Gasteiger partial charge in [0.1, 0.15) is 0 Å². The fourth-order valence-electron chi connectivity index (χ4n) is 1.57. The fourth-order valence-corrected chi connectivity index (χ4v) is 3.09. The fraction of sp³-hybridized carbons (Fsp3) is 0.154. The van der Waals surface area contributed by atoms with Gasteiger partial charge in [0, 0.05) is 27.2 Å². The molecule has 19 heavy (non-hydrogen) atoms. The van der Waals surface area contributed by atoms with Crippen molar-refractivity contribution in [3.05, 3.63) is 56.2 Å². The highest BCUT2D eigenvalue weighted by Crippen LogP contribution is 2.29. The first kappa shape index (κ1) is 14.3. The van der Waals surface area contributed by atoms with Gasteiger partial charge in [0.2, 0.25) is 0 Å². The summed E-state index contributed by atoms with van der Waals surface area (Å²) < 4.78 is 37.9. The van der Waals surface area contributed by atoms with Crippen LogP contribution in [0.1, 0.15) is 21.5 Å². The second-order valence-electron chi connectivity index (χ2n) is 3.93. The monoisotopic (exact) mass is 348 g/mol. The molecule has 0 spiro atoms. The van der Waals surface area contributed by atoms with Crippen molar-refractivity contribution in [1.29, 1.82) is 0 Å². The van der Waals surface area contributed by atoms with Crippen molar-refractivity contribution in [3.8, 4) is 0 Å². The maximum Gasteiger partial charge on any atom is 0.416 e. The minimum absolute atomic E-state index is 0.0907. The van der Waals surface area contributed by atoms with Gasteiger partial charge in [-0.3, -0.25) is 4.79 Å². The number of halogens is 4. The van der Waals surface area contributed by atoms with Gasteiger partial charge in [-0.15, -0.1) is 0 Å². The van der Waals surface area contributed by atoms with E-state index in [4.69, 9.17) is 0 Å². The Morgan fingerprint density at radius 1 is 1.16 bits per heavy atom. The highest BCUT2D eigenvalue weighted by atomic mass is 79.9. The maximum atomic E-state index is 12.4. The number of ketones is 1. The number of alkyl halides is 3. The van der Waals surface area contributed by atoms with Crippen LogP contribution in [-0.4, -0.2) is 5.78 Å². The third kappa shape index (κ3) is 3.45. The molecule has 100 valence electrons. The maximum absolute atomic E-state index is 12.4. The molecule has 0 aliphatic heterocycles. The molecule has 1 heterocycles. The number of carbonyl (C=O) groups excluding carboxylic acids is 1. The first-order valence-corrected chi connectivity index (χ1v) is 7.02. The van der Waals surface area contributed by atoms with Crippen molar-refractivity contribution in [2.24, 2.45) is 0 Å². The van der Waals surface area contributed by atoms with Crippen LogP contribution >= 0.6 is 27.3 Å². The summed E-state index contributed by atoms with van der Waals surface area (Å²) in [4.78, 5) is 11.9. The van der Waals surface area contributed by atoms with E-state index >= 15 is 0 Å². The Hall–Kier alpha value is -1.14. The SMILES string of the molecule is O=C(Cc1ccc(C(F)(F)F)cc1)c1cscc1Br. The molecule has 0 unspecified atom stereocenters. The second-order valence-corrected chi connectivity index (χ2v) is 5.53. The number of Topliss-reactive ketones (excluding diaryl/α,β-unsaturated/α-hetero) is 1. The topological polar surface area (TPSA) is 17.1 Å². The predicted octanol–water partition coefficient (Wildman–Crippen LogP) is 4.95. The molecule has 1 aromatic heterocycles. The number of thiophene rings is 1. The van der Waals surface area contributed by atoms with Crippen LogP contribution in [0.5, 0.6) is 0 Å². The first-order valence-electron chi connectivity index (χ1n) is 5.29. The van der Waals surface area contributed by atoms with Gasteiger partial charge >= 0.3 is 6.18 Å². The molecular formula is C13H8BrF3OS. The summed E-state index contributed by atoms with van der Waals surface area (Å²) in [5, 5.41) is 3.51. The molecule has 2 rings (SSSR count). The largest absolute Gasteiger partial charge is 0.416 e. The summed E-state index contributed by atoms with van der Waals surface area (Å²) in [5.74, 6) is -0.118. The zero-order valence-electron chi connectivity index (χ0n) is 9.50. The standard InChI is InChI=1S/C13H8BrF3OS/c14-11-7-19-6-10(11)12(18)5-8-1-3-9(4-2-8)13(15,16)17/h1-4,6-7H,5H2. The minimum atomic E-state index is -4.35. The van der Waals surface area contributed by atoms with Gasteiger partial charge in [-0.25, -0.2) is 0 Å². The Labute approximate surface area is 120 Å². The Morgan fingerprint density at radius 2 is 1.79 bits per heavy atom. The van der Waals surface area contributed by atoms with E-state index < -0.39 is 11.7 Å². The quantitative estimate of drug-likeness (QED) is 0.717. The molecular weight excluding hydrogens is 341 g/mol. The molecule has 0 radical (unpaired) electrons. The summed E-state index contributed by atoms with van der Waals surface area (Å²) in [6, 6.07) is 4.65. The lowest BCUT2D eigenvalue weighted by Crippen LogP contribution is -2.06. The van der Waals surface area contributed by atoms with Crippen LogP contribution in [0, 0.1) is 0 Å². The molecule has 0 bridgehead atoms. The molecule has 2 aromatic rings. The molecule has 0 N–H and O–H groups in total. The third-order valence-electron chi connectivity index (χ3n) is 2.56. The van der Waals surface area contributed by atoms with E-state index in [9.17, 15) is 18.0 Å². The van der Waals surface area contributed by atoms with Crippen LogP contribution in [0.4, 0.5) is 13.2 Å².